The number of carbonyl (C=O) groups is 3. The van der Waals surface area contributed by atoms with Crippen LogP contribution in [0.15, 0.2) is 0 Å². The maximum Gasteiger partial charge on any atom is 0.471 e. The topological polar surface area (TPSA) is 69.7 Å². The normalized spacial score (nSPS) is 20.5. The Morgan fingerprint density at radius 3 is 1.88 bits per heavy atom. The third-order valence-electron chi connectivity index (χ3n) is 4.90. The predicted octanol–water partition coefficient (Wildman–Crippen LogP) is 1.16. The van der Waals surface area contributed by atoms with Crippen LogP contribution < -0.4 is 5.32 Å². The van der Waals surface area contributed by atoms with Gasteiger partial charge in [-0.25, -0.2) is 0 Å². The molecule has 2 saturated heterocycles. The monoisotopic (exact) mass is 363 g/mol. The van der Waals surface area contributed by atoms with Gasteiger partial charge in [0.15, 0.2) is 0 Å². The summed E-state index contributed by atoms with van der Waals surface area (Å²) in [5.41, 5.74) is 0. The Morgan fingerprint density at radius 1 is 0.920 bits per heavy atom. The van der Waals surface area contributed by atoms with Crippen LogP contribution in [0.2, 0.25) is 0 Å². The average Bonchev–Trinajstić information content (AvgIpc) is 2.60. The maximum atomic E-state index is 12.5. The van der Waals surface area contributed by atoms with E-state index in [0.717, 1.165) is 4.90 Å². The molecule has 9 heteroatoms. The molecule has 0 aromatic heterocycles. The molecule has 0 atom stereocenters. The van der Waals surface area contributed by atoms with Gasteiger partial charge in [-0.2, -0.15) is 13.2 Å². The fraction of sp³-hybridized carbons (Fsp3) is 0.812. The van der Waals surface area contributed by atoms with Gasteiger partial charge in [-0.15, -0.1) is 0 Å². The standard InChI is InChI=1S/C16H24F3N3O3/c1-2-20-13(23)11-3-7-21(8-4-11)14(24)12-5-9-22(10-6-12)15(25)16(17,18)19/h11-12H,2-10H2,1H3,(H,20,23). The summed E-state index contributed by atoms with van der Waals surface area (Å²) < 4.78 is 37.3. The summed E-state index contributed by atoms with van der Waals surface area (Å²) in [7, 11) is 0. The zero-order valence-corrected chi connectivity index (χ0v) is 14.3. The molecule has 25 heavy (non-hydrogen) atoms. The summed E-state index contributed by atoms with van der Waals surface area (Å²) in [5.74, 6) is -2.34. The van der Waals surface area contributed by atoms with Gasteiger partial charge in [0.05, 0.1) is 0 Å². The van der Waals surface area contributed by atoms with E-state index in [2.05, 4.69) is 5.32 Å². The van der Waals surface area contributed by atoms with Crippen LogP contribution in [0.3, 0.4) is 0 Å². The fourth-order valence-electron chi connectivity index (χ4n) is 3.45. The maximum absolute atomic E-state index is 12.5. The van der Waals surface area contributed by atoms with E-state index in [0.29, 0.717) is 32.5 Å². The molecule has 2 fully saturated rings. The van der Waals surface area contributed by atoms with Crippen LogP contribution in [-0.4, -0.2) is 66.4 Å². The van der Waals surface area contributed by atoms with E-state index in [1.165, 1.54) is 0 Å². The van der Waals surface area contributed by atoms with Crippen molar-refractivity contribution in [2.75, 3.05) is 32.7 Å². The number of likely N-dealkylation sites (tertiary alicyclic amines) is 2. The number of piperidine rings is 2. The molecule has 0 spiro atoms. The summed E-state index contributed by atoms with van der Waals surface area (Å²) in [6.45, 7) is 3.30. The first-order valence-corrected chi connectivity index (χ1v) is 8.66. The Kier molecular flexibility index (Phi) is 6.29. The highest BCUT2D eigenvalue weighted by Crippen LogP contribution is 2.26. The zero-order valence-electron chi connectivity index (χ0n) is 14.3. The Hall–Kier alpha value is -1.80. The molecule has 2 rings (SSSR count). The molecule has 3 amide bonds. The number of nitrogens with zero attached hydrogens (tertiary/aromatic N) is 2. The van der Waals surface area contributed by atoms with Crippen LogP contribution in [0, 0.1) is 11.8 Å². The van der Waals surface area contributed by atoms with Crippen molar-refractivity contribution in [3.63, 3.8) is 0 Å². The highest BCUT2D eigenvalue weighted by Gasteiger charge is 2.44. The van der Waals surface area contributed by atoms with E-state index >= 15 is 0 Å². The van der Waals surface area contributed by atoms with Gasteiger partial charge in [-0.1, -0.05) is 0 Å². The highest BCUT2D eigenvalue weighted by molar-refractivity contribution is 5.83. The minimum atomic E-state index is -4.86. The molecule has 1 N–H and O–H groups in total. The molecule has 0 aliphatic carbocycles. The van der Waals surface area contributed by atoms with Gasteiger partial charge < -0.3 is 15.1 Å². The van der Waals surface area contributed by atoms with Crippen LogP contribution >= 0.6 is 0 Å². The smallest absolute Gasteiger partial charge is 0.356 e. The summed E-state index contributed by atoms with van der Waals surface area (Å²) in [6, 6.07) is 0. The second kappa shape index (κ2) is 8.05. The SMILES string of the molecule is CCNC(=O)C1CCN(C(=O)C2CCN(C(=O)C(F)(F)F)CC2)CC1. The van der Waals surface area contributed by atoms with E-state index in [9.17, 15) is 27.6 Å². The van der Waals surface area contributed by atoms with E-state index in [4.69, 9.17) is 0 Å². The fourth-order valence-corrected chi connectivity index (χ4v) is 3.45. The first kappa shape index (κ1) is 19.5. The Bertz CT molecular complexity index is 508. The molecule has 0 aromatic carbocycles. The van der Waals surface area contributed by atoms with Crippen molar-refractivity contribution >= 4 is 17.7 Å². The van der Waals surface area contributed by atoms with Crippen LogP contribution in [0.5, 0.6) is 0 Å². The van der Waals surface area contributed by atoms with Gasteiger partial charge in [-0.05, 0) is 32.6 Å². The molecule has 142 valence electrons. The molecule has 2 heterocycles. The number of rotatable bonds is 3. The molecule has 0 radical (unpaired) electrons. The number of hydrogen-bond acceptors (Lipinski definition) is 3. The third-order valence-corrected chi connectivity index (χ3v) is 4.90. The minimum absolute atomic E-state index is 0.00794. The van der Waals surface area contributed by atoms with Crippen molar-refractivity contribution < 1.29 is 27.6 Å². The molecule has 0 saturated carbocycles. The van der Waals surface area contributed by atoms with Crippen LogP contribution in [-0.2, 0) is 14.4 Å². The van der Waals surface area contributed by atoms with E-state index in [-0.39, 0.29) is 49.6 Å². The third kappa shape index (κ3) is 4.85. The summed E-state index contributed by atoms with van der Waals surface area (Å²) in [5, 5.41) is 2.78. The van der Waals surface area contributed by atoms with Crippen LogP contribution in [0.4, 0.5) is 13.2 Å². The lowest BCUT2D eigenvalue weighted by molar-refractivity contribution is -0.187. The zero-order chi connectivity index (χ0) is 18.6. The summed E-state index contributed by atoms with van der Waals surface area (Å²) in [6.07, 6.45) is -3.17. The van der Waals surface area contributed by atoms with Gasteiger partial charge in [0.2, 0.25) is 11.8 Å². The molecular weight excluding hydrogens is 339 g/mol. The van der Waals surface area contributed by atoms with Gasteiger partial charge in [0, 0.05) is 44.6 Å². The van der Waals surface area contributed by atoms with Gasteiger partial charge in [0.1, 0.15) is 0 Å². The van der Waals surface area contributed by atoms with Gasteiger partial charge in [0.25, 0.3) is 0 Å². The van der Waals surface area contributed by atoms with Crippen molar-refractivity contribution in [2.24, 2.45) is 11.8 Å². The second-order valence-electron chi connectivity index (χ2n) is 6.56. The molecule has 0 aromatic rings. The molecular formula is C16H24F3N3O3. The molecule has 2 aliphatic heterocycles. The Balaban J connectivity index is 1.80. The van der Waals surface area contributed by atoms with Crippen molar-refractivity contribution in [1.82, 2.24) is 15.1 Å². The van der Waals surface area contributed by atoms with Crippen LogP contribution in [0.1, 0.15) is 32.6 Å². The minimum Gasteiger partial charge on any atom is -0.356 e. The summed E-state index contributed by atoms with van der Waals surface area (Å²) >= 11 is 0. The lowest BCUT2D eigenvalue weighted by Gasteiger charge is -2.37. The highest BCUT2D eigenvalue weighted by atomic mass is 19.4. The Morgan fingerprint density at radius 2 is 1.40 bits per heavy atom. The molecule has 6 nitrogen and oxygen atoms in total. The Labute approximate surface area is 144 Å². The first-order chi connectivity index (χ1) is 11.7. The van der Waals surface area contributed by atoms with E-state index in [1.807, 2.05) is 6.92 Å². The van der Waals surface area contributed by atoms with Crippen molar-refractivity contribution in [3.05, 3.63) is 0 Å². The van der Waals surface area contributed by atoms with Gasteiger partial charge in [-0.3, -0.25) is 14.4 Å². The van der Waals surface area contributed by atoms with Crippen molar-refractivity contribution in [3.8, 4) is 0 Å². The number of halogens is 3. The van der Waals surface area contributed by atoms with Gasteiger partial charge >= 0.3 is 12.1 Å². The number of alkyl halides is 3. The lowest BCUT2D eigenvalue weighted by Crippen LogP contribution is -2.49. The molecule has 0 bridgehead atoms. The quantitative estimate of drug-likeness (QED) is 0.818. The predicted molar refractivity (Wildman–Crippen MR) is 83.3 cm³/mol. The second-order valence-corrected chi connectivity index (χ2v) is 6.56. The number of hydrogen-bond donors (Lipinski definition) is 1. The van der Waals surface area contributed by atoms with E-state index < -0.39 is 12.1 Å². The number of carbonyl (C=O) groups excluding carboxylic acids is 3. The lowest BCUT2D eigenvalue weighted by atomic mass is 9.91. The summed E-state index contributed by atoms with van der Waals surface area (Å²) in [4.78, 5) is 38.0. The largest absolute Gasteiger partial charge is 0.471 e. The molecule has 2 aliphatic rings. The number of amides is 3. The van der Waals surface area contributed by atoms with E-state index in [1.54, 1.807) is 4.90 Å². The number of nitrogens with one attached hydrogen (secondary N) is 1. The van der Waals surface area contributed by atoms with Crippen LogP contribution in [0.25, 0.3) is 0 Å². The first-order valence-electron chi connectivity index (χ1n) is 8.66. The average molecular weight is 363 g/mol. The molecule has 0 unspecified atom stereocenters. The van der Waals surface area contributed by atoms with Crippen molar-refractivity contribution in [2.45, 2.75) is 38.8 Å². The van der Waals surface area contributed by atoms with Crippen molar-refractivity contribution in [1.29, 1.82) is 0 Å².